The third-order valence-electron chi connectivity index (χ3n) is 6.57. The molecule has 1 unspecified atom stereocenters. The maximum absolute atomic E-state index is 12.9. The van der Waals surface area contributed by atoms with Gasteiger partial charge in [-0.3, -0.25) is 9.69 Å². The Morgan fingerprint density at radius 3 is 2.47 bits per heavy atom. The summed E-state index contributed by atoms with van der Waals surface area (Å²) in [4.78, 5) is 17.6. The van der Waals surface area contributed by atoms with Gasteiger partial charge in [-0.2, -0.15) is 5.10 Å². The fourth-order valence-electron chi connectivity index (χ4n) is 4.79. The molecule has 1 aliphatic heterocycles. The van der Waals surface area contributed by atoms with Crippen LogP contribution in [0.15, 0.2) is 30.5 Å². The van der Waals surface area contributed by atoms with Crippen LogP contribution in [0.25, 0.3) is 5.69 Å². The number of fused-ring (bicyclic) bond motifs is 1. The molecular formula is C24H35N5O. The molecule has 1 amide bonds. The van der Waals surface area contributed by atoms with E-state index < -0.39 is 0 Å². The molecule has 2 aliphatic rings. The minimum atomic E-state index is 0.0207. The van der Waals surface area contributed by atoms with Gasteiger partial charge in [-0.15, -0.1) is 0 Å². The van der Waals surface area contributed by atoms with Gasteiger partial charge in [0.05, 0.1) is 30.2 Å². The summed E-state index contributed by atoms with van der Waals surface area (Å²) >= 11 is 0. The number of benzene rings is 1. The number of carbonyl (C=O) groups excluding carboxylic acids is 1. The highest BCUT2D eigenvalue weighted by atomic mass is 16.2. The maximum atomic E-state index is 12.9. The summed E-state index contributed by atoms with van der Waals surface area (Å²) in [5, 5.41) is 8.03. The van der Waals surface area contributed by atoms with Crippen LogP contribution < -0.4 is 5.32 Å². The van der Waals surface area contributed by atoms with E-state index in [1.807, 2.05) is 6.20 Å². The highest BCUT2D eigenvalue weighted by molar-refractivity contribution is 5.78. The molecule has 1 aromatic carbocycles. The van der Waals surface area contributed by atoms with E-state index in [1.54, 1.807) is 0 Å². The van der Waals surface area contributed by atoms with Gasteiger partial charge in [0, 0.05) is 31.7 Å². The first-order valence-corrected chi connectivity index (χ1v) is 11.2. The number of hydrogen-bond donors (Lipinski definition) is 1. The van der Waals surface area contributed by atoms with Gasteiger partial charge in [0.15, 0.2) is 0 Å². The molecule has 1 saturated heterocycles. The summed E-state index contributed by atoms with van der Waals surface area (Å²) in [7, 11) is 0. The molecule has 2 aromatic rings. The zero-order chi connectivity index (χ0) is 21.3. The van der Waals surface area contributed by atoms with E-state index in [-0.39, 0.29) is 17.4 Å². The first-order valence-electron chi connectivity index (χ1n) is 11.2. The van der Waals surface area contributed by atoms with E-state index in [0.717, 1.165) is 51.3 Å². The first-order chi connectivity index (χ1) is 14.3. The van der Waals surface area contributed by atoms with Crippen LogP contribution in [0.2, 0.25) is 0 Å². The van der Waals surface area contributed by atoms with Crippen molar-refractivity contribution in [3.8, 4) is 5.69 Å². The Hall–Kier alpha value is -2.18. The van der Waals surface area contributed by atoms with Gasteiger partial charge in [-0.05, 0) is 43.9 Å². The third kappa shape index (κ3) is 4.60. The highest BCUT2D eigenvalue weighted by Gasteiger charge is 2.36. The lowest BCUT2D eigenvalue weighted by molar-refractivity contribution is -0.123. The quantitative estimate of drug-likeness (QED) is 0.825. The molecule has 1 aliphatic carbocycles. The lowest BCUT2D eigenvalue weighted by atomic mass is 9.74. The number of aromatic nitrogens is 2. The van der Waals surface area contributed by atoms with Crippen LogP contribution in [0, 0.1) is 12.3 Å². The summed E-state index contributed by atoms with van der Waals surface area (Å²) in [5.74, 6) is 0.122. The molecule has 30 heavy (non-hydrogen) atoms. The van der Waals surface area contributed by atoms with Gasteiger partial charge in [-0.1, -0.05) is 38.5 Å². The summed E-state index contributed by atoms with van der Waals surface area (Å²) in [6, 6.07) is 8.50. The Balaban J connectivity index is 1.48. The van der Waals surface area contributed by atoms with Crippen LogP contribution in [-0.2, 0) is 11.2 Å². The number of aryl methyl sites for hydroxylation is 1. The lowest BCUT2D eigenvalue weighted by Gasteiger charge is -2.37. The van der Waals surface area contributed by atoms with Crippen molar-refractivity contribution < 1.29 is 4.79 Å². The zero-order valence-electron chi connectivity index (χ0n) is 18.8. The number of carbonyl (C=O) groups is 1. The molecule has 1 fully saturated rings. The largest absolute Gasteiger partial charge is 0.348 e. The molecule has 2 heterocycles. The minimum Gasteiger partial charge on any atom is -0.348 e. The third-order valence-corrected chi connectivity index (χ3v) is 6.57. The van der Waals surface area contributed by atoms with Gasteiger partial charge >= 0.3 is 0 Å². The van der Waals surface area contributed by atoms with Gasteiger partial charge in [-0.25, -0.2) is 4.68 Å². The molecule has 0 bridgehead atoms. The molecule has 1 aromatic heterocycles. The van der Waals surface area contributed by atoms with Gasteiger partial charge in [0.2, 0.25) is 5.91 Å². The summed E-state index contributed by atoms with van der Waals surface area (Å²) < 4.78 is 2.05. The van der Waals surface area contributed by atoms with Crippen LogP contribution in [-0.4, -0.2) is 64.8 Å². The van der Waals surface area contributed by atoms with Crippen molar-refractivity contribution in [3.05, 3.63) is 47.3 Å². The van der Waals surface area contributed by atoms with Crippen molar-refractivity contribution in [3.63, 3.8) is 0 Å². The summed E-state index contributed by atoms with van der Waals surface area (Å²) in [5.41, 5.74) is 4.82. The Morgan fingerprint density at radius 2 is 1.80 bits per heavy atom. The van der Waals surface area contributed by atoms with Gasteiger partial charge < -0.3 is 10.2 Å². The standard InChI is InChI=1S/C24H35N5O/c1-5-27-10-12-28(13-11-27)17-23(30)26-21-14-24(3,4)15-22-20(21)16-25-29(22)19-8-6-18(2)7-9-19/h6-9,16,21H,5,10-15,17H2,1-4H3,(H,26,30). The Labute approximate surface area is 180 Å². The van der Waals surface area contributed by atoms with E-state index in [9.17, 15) is 4.79 Å². The Morgan fingerprint density at radius 1 is 1.13 bits per heavy atom. The van der Waals surface area contributed by atoms with Crippen molar-refractivity contribution >= 4 is 5.91 Å². The fourth-order valence-corrected chi connectivity index (χ4v) is 4.79. The predicted octanol–water partition coefficient (Wildman–Crippen LogP) is 2.95. The van der Waals surface area contributed by atoms with Crippen LogP contribution >= 0.6 is 0 Å². The van der Waals surface area contributed by atoms with Crippen molar-refractivity contribution in [2.75, 3.05) is 39.3 Å². The number of hydrogen-bond acceptors (Lipinski definition) is 4. The normalized spacial score (nSPS) is 21.9. The molecule has 1 atom stereocenters. The van der Waals surface area contributed by atoms with E-state index in [0.29, 0.717) is 6.54 Å². The second-order valence-electron chi connectivity index (χ2n) is 9.67. The van der Waals surface area contributed by atoms with Crippen molar-refractivity contribution in [1.29, 1.82) is 0 Å². The highest BCUT2D eigenvalue weighted by Crippen LogP contribution is 2.41. The average Bonchev–Trinajstić information content (AvgIpc) is 3.12. The van der Waals surface area contributed by atoms with E-state index in [1.165, 1.54) is 16.8 Å². The monoisotopic (exact) mass is 409 g/mol. The predicted molar refractivity (Wildman–Crippen MR) is 120 cm³/mol. The first kappa shape index (κ1) is 21.1. The fraction of sp³-hybridized carbons (Fsp3) is 0.583. The number of amides is 1. The van der Waals surface area contributed by atoms with Crippen LogP contribution in [0.3, 0.4) is 0 Å². The summed E-state index contributed by atoms with van der Waals surface area (Å²) in [6.07, 6.45) is 3.85. The number of likely N-dealkylation sites (N-methyl/N-ethyl adjacent to an activating group) is 1. The van der Waals surface area contributed by atoms with Gasteiger partial charge in [0.1, 0.15) is 0 Å². The molecule has 4 rings (SSSR count). The van der Waals surface area contributed by atoms with Crippen LogP contribution in [0.4, 0.5) is 0 Å². The Kier molecular flexibility index (Phi) is 5.98. The van der Waals surface area contributed by atoms with Crippen molar-refractivity contribution in [2.45, 2.75) is 46.6 Å². The number of nitrogens with zero attached hydrogens (tertiary/aromatic N) is 4. The molecular weight excluding hydrogens is 374 g/mol. The van der Waals surface area contributed by atoms with Crippen LogP contribution in [0.1, 0.15) is 50.1 Å². The number of piperazine rings is 1. The molecule has 1 N–H and O–H groups in total. The summed E-state index contributed by atoms with van der Waals surface area (Å²) in [6.45, 7) is 14.5. The molecule has 162 valence electrons. The van der Waals surface area contributed by atoms with Crippen molar-refractivity contribution in [1.82, 2.24) is 24.9 Å². The van der Waals surface area contributed by atoms with Crippen molar-refractivity contribution in [2.24, 2.45) is 5.41 Å². The molecule has 0 saturated carbocycles. The average molecular weight is 410 g/mol. The lowest BCUT2D eigenvalue weighted by Crippen LogP contribution is -2.50. The SMILES string of the molecule is CCN1CCN(CC(=O)NC2CC(C)(C)Cc3c2cnn3-c2ccc(C)cc2)CC1. The molecule has 6 nitrogen and oxygen atoms in total. The number of nitrogens with one attached hydrogen (secondary N) is 1. The van der Waals surface area contributed by atoms with E-state index >= 15 is 0 Å². The van der Waals surface area contributed by atoms with Gasteiger partial charge in [0.25, 0.3) is 0 Å². The Bertz CT molecular complexity index is 878. The number of rotatable bonds is 5. The molecule has 0 radical (unpaired) electrons. The maximum Gasteiger partial charge on any atom is 0.234 e. The molecule has 0 spiro atoms. The van der Waals surface area contributed by atoms with E-state index in [2.05, 4.69) is 71.8 Å². The topological polar surface area (TPSA) is 53.4 Å². The smallest absolute Gasteiger partial charge is 0.234 e. The van der Waals surface area contributed by atoms with Crippen LogP contribution in [0.5, 0.6) is 0 Å². The molecule has 6 heteroatoms. The second kappa shape index (κ2) is 8.52. The zero-order valence-corrected chi connectivity index (χ0v) is 18.8. The minimum absolute atomic E-state index is 0.0207. The second-order valence-corrected chi connectivity index (χ2v) is 9.67. The van der Waals surface area contributed by atoms with E-state index in [4.69, 9.17) is 5.10 Å².